The van der Waals surface area contributed by atoms with Crippen molar-refractivity contribution >= 4 is 10.0 Å². The minimum atomic E-state index is -3.56. The van der Waals surface area contributed by atoms with Gasteiger partial charge in [0, 0.05) is 19.7 Å². The van der Waals surface area contributed by atoms with Crippen LogP contribution in [0.15, 0.2) is 4.90 Å². The topological polar surface area (TPSA) is 110 Å². The summed E-state index contributed by atoms with van der Waals surface area (Å²) >= 11 is 0. The lowest BCUT2D eigenvalue weighted by atomic mass is 9.90. The van der Waals surface area contributed by atoms with Crippen molar-refractivity contribution in [3.8, 4) is 0 Å². The van der Waals surface area contributed by atoms with Gasteiger partial charge in [-0.05, 0) is 19.8 Å². The molecule has 7 nitrogen and oxygen atoms in total. The maximum atomic E-state index is 12.2. The molecule has 1 heterocycles. The Kier molecular flexibility index (Phi) is 3.71. The van der Waals surface area contributed by atoms with E-state index in [-0.39, 0.29) is 23.6 Å². The van der Waals surface area contributed by atoms with Crippen LogP contribution in [0.3, 0.4) is 0 Å². The van der Waals surface area contributed by atoms with Crippen LogP contribution in [0.4, 0.5) is 0 Å². The van der Waals surface area contributed by atoms with Gasteiger partial charge in [0.1, 0.15) is 4.90 Å². The average Bonchev–Trinajstić information content (AvgIpc) is 2.65. The number of nitrogens with zero attached hydrogens (tertiary/aromatic N) is 1. The Hall–Kier alpha value is -0.960. The molecule has 1 aromatic rings. The third-order valence-electron chi connectivity index (χ3n) is 3.17. The highest BCUT2D eigenvalue weighted by Crippen LogP contribution is 2.25. The Bertz CT molecular complexity index is 519. The number of hydrogen-bond acceptors (Lipinski definition) is 5. The van der Waals surface area contributed by atoms with Gasteiger partial charge in [0.15, 0.2) is 0 Å². The van der Waals surface area contributed by atoms with E-state index in [2.05, 4.69) is 14.9 Å². The summed E-state index contributed by atoms with van der Waals surface area (Å²) in [5.74, 6) is 0. The van der Waals surface area contributed by atoms with Crippen molar-refractivity contribution in [2.75, 3.05) is 7.11 Å². The van der Waals surface area contributed by atoms with Crippen LogP contribution in [-0.4, -0.2) is 37.9 Å². The number of methoxy groups -OCH3 is 1. The number of aryl methyl sites for hydroxylation is 1. The van der Waals surface area contributed by atoms with E-state index in [0.29, 0.717) is 24.2 Å². The Morgan fingerprint density at radius 1 is 1.56 bits per heavy atom. The molecule has 1 aliphatic carbocycles. The molecule has 0 amide bonds. The highest BCUT2D eigenvalue weighted by Gasteiger charge is 2.34. The SMILES string of the molecule is COC1CC(NS(=O)(=O)c2c(CN)n[nH]c2C)C1. The predicted molar refractivity (Wildman–Crippen MR) is 65.4 cm³/mol. The largest absolute Gasteiger partial charge is 0.381 e. The lowest BCUT2D eigenvalue weighted by Gasteiger charge is -2.34. The van der Waals surface area contributed by atoms with Crippen LogP contribution in [0.2, 0.25) is 0 Å². The first kappa shape index (κ1) is 13.5. The van der Waals surface area contributed by atoms with Crippen molar-refractivity contribution in [1.29, 1.82) is 0 Å². The van der Waals surface area contributed by atoms with Gasteiger partial charge in [0.25, 0.3) is 0 Å². The monoisotopic (exact) mass is 274 g/mol. The molecule has 1 fully saturated rings. The predicted octanol–water partition coefficient (Wildman–Crippen LogP) is -0.367. The van der Waals surface area contributed by atoms with Gasteiger partial charge in [-0.15, -0.1) is 0 Å². The van der Waals surface area contributed by atoms with E-state index in [1.807, 2.05) is 0 Å². The Morgan fingerprint density at radius 3 is 2.78 bits per heavy atom. The van der Waals surface area contributed by atoms with Crippen LogP contribution >= 0.6 is 0 Å². The fourth-order valence-corrected chi connectivity index (χ4v) is 3.73. The first-order valence-corrected chi connectivity index (χ1v) is 7.25. The van der Waals surface area contributed by atoms with E-state index in [0.717, 1.165) is 0 Å². The first-order chi connectivity index (χ1) is 8.47. The number of hydrogen-bond donors (Lipinski definition) is 3. The molecule has 0 unspecified atom stereocenters. The molecular weight excluding hydrogens is 256 g/mol. The van der Waals surface area contributed by atoms with Gasteiger partial charge in [0.05, 0.1) is 17.5 Å². The fourth-order valence-electron chi connectivity index (χ4n) is 2.10. The van der Waals surface area contributed by atoms with Crippen LogP contribution < -0.4 is 10.5 Å². The summed E-state index contributed by atoms with van der Waals surface area (Å²) in [5, 5.41) is 6.54. The number of H-pyrrole nitrogens is 1. The van der Waals surface area contributed by atoms with Gasteiger partial charge in [-0.1, -0.05) is 0 Å². The van der Waals surface area contributed by atoms with Crippen LogP contribution in [0.25, 0.3) is 0 Å². The summed E-state index contributed by atoms with van der Waals surface area (Å²) in [6, 6.07) is -0.0696. The lowest BCUT2D eigenvalue weighted by molar-refractivity contribution is 0.0236. The Labute approximate surface area is 106 Å². The highest BCUT2D eigenvalue weighted by molar-refractivity contribution is 7.89. The van der Waals surface area contributed by atoms with E-state index in [1.54, 1.807) is 14.0 Å². The maximum Gasteiger partial charge on any atom is 0.244 e. The smallest absolute Gasteiger partial charge is 0.244 e. The second-order valence-electron chi connectivity index (χ2n) is 4.48. The number of aromatic nitrogens is 2. The summed E-state index contributed by atoms with van der Waals surface area (Å²) < 4.78 is 32.2. The lowest BCUT2D eigenvalue weighted by Crippen LogP contribution is -2.47. The van der Waals surface area contributed by atoms with Crippen molar-refractivity contribution in [1.82, 2.24) is 14.9 Å². The van der Waals surface area contributed by atoms with E-state index in [1.165, 1.54) is 0 Å². The number of aromatic amines is 1. The number of nitrogens with one attached hydrogen (secondary N) is 2. The van der Waals surface area contributed by atoms with Gasteiger partial charge < -0.3 is 10.5 Å². The second kappa shape index (κ2) is 4.96. The van der Waals surface area contributed by atoms with Gasteiger partial charge in [-0.3, -0.25) is 5.10 Å². The van der Waals surface area contributed by atoms with Crippen molar-refractivity contribution in [3.63, 3.8) is 0 Å². The van der Waals surface area contributed by atoms with Crippen molar-refractivity contribution in [2.24, 2.45) is 5.73 Å². The summed E-state index contributed by atoms with van der Waals surface area (Å²) in [6.07, 6.45) is 1.55. The minimum Gasteiger partial charge on any atom is -0.381 e. The van der Waals surface area contributed by atoms with Crippen molar-refractivity contribution in [2.45, 2.75) is 43.4 Å². The van der Waals surface area contributed by atoms with Crippen LogP contribution in [0, 0.1) is 6.92 Å². The standard InChI is InChI=1S/C10H18N4O3S/c1-6-10(9(5-11)13-12-6)18(15,16)14-7-3-8(4-7)17-2/h7-8,14H,3-5,11H2,1-2H3,(H,12,13). The molecule has 8 heteroatoms. The molecule has 0 saturated heterocycles. The zero-order chi connectivity index (χ0) is 13.3. The minimum absolute atomic E-state index is 0.0696. The maximum absolute atomic E-state index is 12.2. The number of nitrogens with two attached hydrogens (primary N) is 1. The molecule has 2 rings (SSSR count). The van der Waals surface area contributed by atoms with Gasteiger partial charge >= 0.3 is 0 Å². The molecule has 1 aliphatic rings. The van der Waals surface area contributed by atoms with Crippen LogP contribution in [-0.2, 0) is 21.3 Å². The molecule has 1 aromatic heterocycles. The molecule has 4 N–H and O–H groups in total. The third kappa shape index (κ3) is 2.41. The van der Waals surface area contributed by atoms with E-state index < -0.39 is 10.0 Å². The summed E-state index contributed by atoms with van der Waals surface area (Å²) in [7, 11) is -1.93. The molecule has 0 bridgehead atoms. The number of sulfonamides is 1. The molecule has 0 aliphatic heterocycles. The summed E-state index contributed by atoms with van der Waals surface area (Å²) in [4.78, 5) is 0.172. The number of ether oxygens (including phenoxy) is 1. The normalized spacial score (nSPS) is 23.9. The van der Waals surface area contributed by atoms with Crippen LogP contribution in [0.1, 0.15) is 24.2 Å². The van der Waals surface area contributed by atoms with Gasteiger partial charge in [-0.25, -0.2) is 13.1 Å². The summed E-state index contributed by atoms with van der Waals surface area (Å²) in [6.45, 7) is 1.76. The molecule has 102 valence electrons. The molecule has 0 spiro atoms. The van der Waals surface area contributed by atoms with Crippen molar-refractivity contribution < 1.29 is 13.2 Å². The molecule has 18 heavy (non-hydrogen) atoms. The van der Waals surface area contributed by atoms with Crippen molar-refractivity contribution in [3.05, 3.63) is 11.4 Å². The molecular formula is C10H18N4O3S. The van der Waals surface area contributed by atoms with E-state index in [4.69, 9.17) is 10.5 Å². The van der Waals surface area contributed by atoms with E-state index >= 15 is 0 Å². The first-order valence-electron chi connectivity index (χ1n) is 5.77. The highest BCUT2D eigenvalue weighted by atomic mass is 32.2. The zero-order valence-electron chi connectivity index (χ0n) is 10.4. The summed E-state index contributed by atoms with van der Waals surface area (Å²) in [5.41, 5.74) is 6.36. The quantitative estimate of drug-likeness (QED) is 0.678. The molecule has 0 radical (unpaired) electrons. The van der Waals surface area contributed by atoms with E-state index in [9.17, 15) is 8.42 Å². The second-order valence-corrected chi connectivity index (χ2v) is 6.13. The Balaban J connectivity index is 2.14. The molecule has 0 atom stereocenters. The molecule has 1 saturated carbocycles. The van der Waals surface area contributed by atoms with Gasteiger partial charge in [0.2, 0.25) is 10.0 Å². The number of rotatable bonds is 5. The average molecular weight is 274 g/mol. The Morgan fingerprint density at radius 2 is 2.22 bits per heavy atom. The third-order valence-corrected chi connectivity index (χ3v) is 4.90. The zero-order valence-corrected chi connectivity index (χ0v) is 11.3. The molecule has 0 aromatic carbocycles. The van der Waals surface area contributed by atoms with Crippen LogP contribution in [0.5, 0.6) is 0 Å². The van der Waals surface area contributed by atoms with Gasteiger partial charge in [-0.2, -0.15) is 5.10 Å². The fraction of sp³-hybridized carbons (Fsp3) is 0.700.